The molecule has 2 aliphatic heterocycles. The molecule has 134 valence electrons. The number of ether oxygens (including phenoxy) is 1. The number of nitro groups is 1. The molecule has 0 radical (unpaired) electrons. The number of halogens is 1. The monoisotopic (exact) mass is 355 g/mol. The molecular weight excluding hydrogens is 330 g/mol. The van der Waals surface area contributed by atoms with Crippen LogP contribution in [0.15, 0.2) is 18.2 Å². The lowest BCUT2D eigenvalue weighted by molar-refractivity contribution is -0.385. The van der Waals surface area contributed by atoms with Crippen LogP contribution in [0.5, 0.6) is 5.75 Å². The van der Waals surface area contributed by atoms with Crippen molar-refractivity contribution < 1.29 is 9.66 Å². The van der Waals surface area contributed by atoms with E-state index in [0.29, 0.717) is 12.0 Å². The van der Waals surface area contributed by atoms with Gasteiger partial charge in [-0.3, -0.25) is 15.0 Å². The first-order valence-electron chi connectivity index (χ1n) is 8.45. The van der Waals surface area contributed by atoms with E-state index in [9.17, 15) is 10.1 Å². The fourth-order valence-electron chi connectivity index (χ4n) is 3.87. The number of rotatable bonds is 5. The number of nitrogens with one attached hydrogen (secondary N) is 1. The zero-order valence-corrected chi connectivity index (χ0v) is 14.9. The summed E-state index contributed by atoms with van der Waals surface area (Å²) in [5, 5.41) is 14.5. The van der Waals surface area contributed by atoms with Crippen LogP contribution in [0.3, 0.4) is 0 Å². The molecule has 2 saturated heterocycles. The molecule has 0 bridgehead atoms. The van der Waals surface area contributed by atoms with Gasteiger partial charge in [0.2, 0.25) is 0 Å². The van der Waals surface area contributed by atoms with Gasteiger partial charge in [-0.05, 0) is 57.3 Å². The predicted octanol–water partition coefficient (Wildman–Crippen LogP) is 2.99. The van der Waals surface area contributed by atoms with Gasteiger partial charge in [-0.2, -0.15) is 0 Å². The Hall–Kier alpha value is -1.37. The van der Waals surface area contributed by atoms with Gasteiger partial charge in [0.15, 0.2) is 0 Å². The molecule has 2 heterocycles. The minimum Gasteiger partial charge on any atom is -0.494 e. The minimum absolute atomic E-state index is 0. The fraction of sp³-hybridized carbons (Fsp3) is 0.647. The van der Waals surface area contributed by atoms with Gasteiger partial charge in [-0.25, -0.2) is 0 Å². The Morgan fingerprint density at radius 2 is 2.08 bits per heavy atom. The van der Waals surface area contributed by atoms with E-state index in [4.69, 9.17) is 4.74 Å². The summed E-state index contributed by atoms with van der Waals surface area (Å²) in [6.45, 7) is 7.60. The van der Waals surface area contributed by atoms with Crippen LogP contribution < -0.4 is 10.1 Å². The number of hydrogen-bond donors (Lipinski definition) is 1. The first kappa shape index (κ1) is 19.0. The summed E-state index contributed by atoms with van der Waals surface area (Å²) in [6, 6.07) is 4.92. The van der Waals surface area contributed by atoms with E-state index in [0.717, 1.165) is 44.0 Å². The zero-order chi connectivity index (χ0) is 16.3. The number of hydrogen-bond acceptors (Lipinski definition) is 5. The van der Waals surface area contributed by atoms with Crippen LogP contribution in [0, 0.1) is 15.5 Å². The Kier molecular flexibility index (Phi) is 6.43. The molecule has 24 heavy (non-hydrogen) atoms. The molecule has 2 aliphatic rings. The van der Waals surface area contributed by atoms with Crippen molar-refractivity contribution in [3.8, 4) is 5.75 Å². The van der Waals surface area contributed by atoms with Crippen molar-refractivity contribution in [2.45, 2.75) is 32.7 Å². The second-order valence-corrected chi connectivity index (χ2v) is 6.69. The molecule has 3 rings (SSSR count). The van der Waals surface area contributed by atoms with E-state index >= 15 is 0 Å². The van der Waals surface area contributed by atoms with Crippen molar-refractivity contribution in [3.05, 3.63) is 33.9 Å². The topological polar surface area (TPSA) is 67.6 Å². The summed E-state index contributed by atoms with van der Waals surface area (Å²) in [6.07, 6.45) is 3.70. The first-order chi connectivity index (χ1) is 11.1. The third-order valence-electron chi connectivity index (χ3n) is 5.13. The molecule has 7 heteroatoms. The van der Waals surface area contributed by atoms with Gasteiger partial charge in [0.1, 0.15) is 5.75 Å². The highest BCUT2D eigenvalue weighted by Gasteiger charge is 2.38. The van der Waals surface area contributed by atoms with Gasteiger partial charge in [0.05, 0.1) is 11.5 Å². The highest BCUT2D eigenvalue weighted by molar-refractivity contribution is 5.85. The van der Waals surface area contributed by atoms with Crippen LogP contribution in [-0.4, -0.2) is 42.6 Å². The van der Waals surface area contributed by atoms with E-state index in [-0.39, 0.29) is 23.0 Å². The Morgan fingerprint density at radius 3 is 2.75 bits per heavy atom. The predicted molar refractivity (Wildman–Crippen MR) is 95.9 cm³/mol. The molecule has 1 spiro atoms. The molecule has 0 aromatic heterocycles. The van der Waals surface area contributed by atoms with E-state index in [1.54, 1.807) is 12.1 Å². The highest BCUT2D eigenvalue weighted by atomic mass is 35.5. The smallest absolute Gasteiger partial charge is 0.270 e. The van der Waals surface area contributed by atoms with Crippen LogP contribution in [-0.2, 0) is 6.54 Å². The molecule has 1 aromatic rings. The largest absolute Gasteiger partial charge is 0.494 e. The molecule has 0 unspecified atom stereocenters. The van der Waals surface area contributed by atoms with E-state index in [1.165, 1.54) is 25.3 Å². The van der Waals surface area contributed by atoms with Gasteiger partial charge < -0.3 is 10.1 Å². The lowest BCUT2D eigenvalue weighted by Crippen LogP contribution is -2.38. The second-order valence-electron chi connectivity index (χ2n) is 6.69. The maximum absolute atomic E-state index is 11.0. The van der Waals surface area contributed by atoms with Gasteiger partial charge in [0.25, 0.3) is 5.69 Å². The molecule has 0 amide bonds. The van der Waals surface area contributed by atoms with Crippen molar-refractivity contribution in [2.24, 2.45) is 5.41 Å². The van der Waals surface area contributed by atoms with E-state index in [1.807, 2.05) is 6.92 Å². The Labute approximate surface area is 149 Å². The molecule has 0 saturated carbocycles. The number of nitro benzene ring substituents is 1. The maximum Gasteiger partial charge on any atom is 0.270 e. The van der Waals surface area contributed by atoms with Crippen molar-refractivity contribution in [1.82, 2.24) is 10.2 Å². The molecule has 1 N–H and O–H groups in total. The molecule has 1 aromatic carbocycles. The van der Waals surface area contributed by atoms with Crippen LogP contribution in [0.1, 0.15) is 31.7 Å². The van der Waals surface area contributed by atoms with Gasteiger partial charge in [0, 0.05) is 30.8 Å². The van der Waals surface area contributed by atoms with Gasteiger partial charge in [-0.1, -0.05) is 0 Å². The summed E-state index contributed by atoms with van der Waals surface area (Å²) in [7, 11) is 0. The van der Waals surface area contributed by atoms with Crippen LogP contribution in [0.2, 0.25) is 0 Å². The Morgan fingerprint density at radius 1 is 1.33 bits per heavy atom. The summed E-state index contributed by atoms with van der Waals surface area (Å²) < 4.78 is 5.66. The fourth-order valence-corrected chi connectivity index (χ4v) is 3.87. The lowest BCUT2D eigenvalue weighted by atomic mass is 9.78. The van der Waals surface area contributed by atoms with Crippen molar-refractivity contribution in [2.75, 3.05) is 32.8 Å². The number of nitrogens with zero attached hydrogens (tertiary/aromatic N) is 2. The van der Waals surface area contributed by atoms with Crippen molar-refractivity contribution in [1.29, 1.82) is 0 Å². The minimum atomic E-state index is -0.336. The molecule has 0 atom stereocenters. The number of likely N-dealkylation sites (tertiary alicyclic amines) is 1. The highest BCUT2D eigenvalue weighted by Crippen LogP contribution is 2.39. The van der Waals surface area contributed by atoms with Crippen molar-refractivity contribution >= 4 is 18.1 Å². The molecule has 0 aliphatic carbocycles. The SMILES string of the molecule is CCOc1ccc([N+](=O)[O-])cc1CN1CCC2(CCNCC2)C1.Cl. The zero-order valence-electron chi connectivity index (χ0n) is 14.1. The standard InChI is InChI=1S/C17H25N3O3.ClH/c1-2-23-16-4-3-15(20(21)22)11-14(16)12-19-10-7-17(13-19)5-8-18-9-6-17;/h3-4,11,18H,2,5-10,12-13H2,1H3;1H. The summed E-state index contributed by atoms with van der Waals surface area (Å²) >= 11 is 0. The number of piperidine rings is 1. The van der Waals surface area contributed by atoms with Gasteiger partial charge in [-0.15, -0.1) is 12.4 Å². The maximum atomic E-state index is 11.0. The molecule has 2 fully saturated rings. The average molecular weight is 356 g/mol. The molecule has 6 nitrogen and oxygen atoms in total. The van der Waals surface area contributed by atoms with Gasteiger partial charge >= 0.3 is 0 Å². The third-order valence-corrected chi connectivity index (χ3v) is 5.13. The van der Waals surface area contributed by atoms with E-state index in [2.05, 4.69) is 10.2 Å². The van der Waals surface area contributed by atoms with Crippen molar-refractivity contribution in [3.63, 3.8) is 0 Å². The van der Waals surface area contributed by atoms with E-state index < -0.39 is 0 Å². The van der Waals surface area contributed by atoms with Crippen LogP contribution in [0.25, 0.3) is 0 Å². The lowest BCUT2D eigenvalue weighted by Gasteiger charge is -2.34. The number of benzene rings is 1. The first-order valence-corrected chi connectivity index (χ1v) is 8.45. The quantitative estimate of drug-likeness (QED) is 0.649. The molecular formula is C17H26ClN3O3. The van der Waals surface area contributed by atoms with Crippen LogP contribution in [0.4, 0.5) is 5.69 Å². The summed E-state index contributed by atoms with van der Waals surface area (Å²) in [4.78, 5) is 13.1. The summed E-state index contributed by atoms with van der Waals surface area (Å²) in [5.41, 5.74) is 1.50. The Bertz CT molecular complexity index is 576. The second kappa shape index (κ2) is 8.14. The normalized spacial score (nSPS) is 19.9. The van der Waals surface area contributed by atoms with Crippen LogP contribution >= 0.6 is 12.4 Å². The average Bonchev–Trinajstić information content (AvgIpc) is 2.92. The third kappa shape index (κ3) is 4.18. The number of non-ortho nitro benzene ring substituents is 1. The Balaban J connectivity index is 0.00000208. The summed E-state index contributed by atoms with van der Waals surface area (Å²) in [5.74, 6) is 0.768.